The van der Waals surface area contributed by atoms with E-state index in [2.05, 4.69) is 4.90 Å². The number of aliphatic hydroxyl groups excluding tert-OH is 1. The monoisotopic (exact) mass is 203 g/mol. The van der Waals surface area contributed by atoms with Crippen molar-refractivity contribution in [1.29, 1.82) is 0 Å². The van der Waals surface area contributed by atoms with Crippen molar-refractivity contribution in [3.63, 3.8) is 0 Å². The predicted molar refractivity (Wildman–Crippen MR) is 54.1 cm³/mol. The van der Waals surface area contributed by atoms with Crippen LogP contribution in [0.5, 0.6) is 0 Å². The van der Waals surface area contributed by atoms with Gasteiger partial charge in [0, 0.05) is 32.8 Å². The van der Waals surface area contributed by atoms with Crippen LogP contribution < -0.4 is 0 Å². The standard InChI is InChI=1S/C10H21NO3/c1-3-13-10(14-4-2)8-11-6-5-9(12)7-11/h9-10,12H,3-8H2,1-2H3. The molecule has 1 aliphatic heterocycles. The maximum atomic E-state index is 9.35. The van der Waals surface area contributed by atoms with Crippen LogP contribution in [0, 0.1) is 0 Å². The quantitative estimate of drug-likeness (QED) is 0.637. The van der Waals surface area contributed by atoms with Crippen LogP contribution in [0.4, 0.5) is 0 Å². The molecule has 1 N–H and O–H groups in total. The summed E-state index contributed by atoms with van der Waals surface area (Å²) in [5, 5.41) is 9.35. The summed E-state index contributed by atoms with van der Waals surface area (Å²) in [5.74, 6) is 0. The van der Waals surface area contributed by atoms with Gasteiger partial charge in [-0.15, -0.1) is 0 Å². The van der Waals surface area contributed by atoms with Crippen molar-refractivity contribution in [2.24, 2.45) is 0 Å². The molecule has 0 aromatic carbocycles. The van der Waals surface area contributed by atoms with Crippen molar-refractivity contribution in [1.82, 2.24) is 4.90 Å². The Morgan fingerprint density at radius 2 is 2.00 bits per heavy atom. The number of likely N-dealkylation sites (tertiary alicyclic amines) is 1. The van der Waals surface area contributed by atoms with Crippen molar-refractivity contribution < 1.29 is 14.6 Å². The van der Waals surface area contributed by atoms with E-state index in [4.69, 9.17) is 9.47 Å². The molecule has 0 amide bonds. The molecule has 1 atom stereocenters. The lowest BCUT2D eigenvalue weighted by Crippen LogP contribution is -2.34. The van der Waals surface area contributed by atoms with Crippen LogP contribution in [0.15, 0.2) is 0 Å². The van der Waals surface area contributed by atoms with Gasteiger partial charge in [-0.25, -0.2) is 0 Å². The van der Waals surface area contributed by atoms with E-state index >= 15 is 0 Å². The molecule has 0 aromatic heterocycles. The fourth-order valence-corrected chi connectivity index (χ4v) is 1.71. The van der Waals surface area contributed by atoms with Gasteiger partial charge in [0.1, 0.15) is 0 Å². The highest BCUT2D eigenvalue weighted by atomic mass is 16.7. The molecule has 0 aliphatic carbocycles. The average molecular weight is 203 g/mol. The van der Waals surface area contributed by atoms with Gasteiger partial charge in [-0.1, -0.05) is 0 Å². The van der Waals surface area contributed by atoms with Gasteiger partial charge in [-0.05, 0) is 20.3 Å². The van der Waals surface area contributed by atoms with E-state index in [1.54, 1.807) is 0 Å². The Morgan fingerprint density at radius 3 is 2.43 bits per heavy atom. The Kier molecular flexibility index (Phi) is 5.40. The summed E-state index contributed by atoms with van der Waals surface area (Å²) in [7, 11) is 0. The molecule has 1 saturated heterocycles. The largest absolute Gasteiger partial charge is 0.392 e. The summed E-state index contributed by atoms with van der Waals surface area (Å²) in [4.78, 5) is 2.18. The molecule has 4 nitrogen and oxygen atoms in total. The Labute approximate surface area is 85.8 Å². The second-order valence-corrected chi connectivity index (χ2v) is 3.54. The molecule has 1 rings (SSSR count). The Bertz CT molecular complexity index is 148. The van der Waals surface area contributed by atoms with Crippen LogP contribution in [-0.4, -0.2) is 55.2 Å². The van der Waals surface area contributed by atoms with Crippen LogP contribution in [0.3, 0.4) is 0 Å². The number of β-amino-alcohol motifs (C(OH)–C–C–N with tert-alkyl or cyclic N) is 1. The molecule has 0 radical (unpaired) electrons. The van der Waals surface area contributed by atoms with Crippen LogP contribution in [0.1, 0.15) is 20.3 Å². The molecule has 4 heteroatoms. The average Bonchev–Trinajstić information content (AvgIpc) is 2.52. The first-order valence-corrected chi connectivity index (χ1v) is 5.39. The molecular weight excluding hydrogens is 182 g/mol. The number of nitrogens with zero attached hydrogens (tertiary/aromatic N) is 1. The van der Waals surface area contributed by atoms with Crippen molar-refractivity contribution in [2.75, 3.05) is 32.8 Å². The van der Waals surface area contributed by atoms with Gasteiger partial charge >= 0.3 is 0 Å². The molecule has 14 heavy (non-hydrogen) atoms. The Morgan fingerprint density at radius 1 is 1.36 bits per heavy atom. The van der Waals surface area contributed by atoms with Gasteiger partial charge in [0.05, 0.1) is 6.10 Å². The molecule has 1 unspecified atom stereocenters. The molecule has 1 aliphatic rings. The van der Waals surface area contributed by atoms with E-state index < -0.39 is 0 Å². The van der Waals surface area contributed by atoms with E-state index in [-0.39, 0.29) is 12.4 Å². The van der Waals surface area contributed by atoms with Gasteiger partial charge in [0.25, 0.3) is 0 Å². The van der Waals surface area contributed by atoms with Crippen LogP contribution >= 0.6 is 0 Å². The lowest BCUT2D eigenvalue weighted by Gasteiger charge is -2.22. The first kappa shape index (κ1) is 11.9. The topological polar surface area (TPSA) is 41.9 Å². The number of hydrogen-bond acceptors (Lipinski definition) is 4. The minimum Gasteiger partial charge on any atom is -0.392 e. The molecule has 1 fully saturated rings. The normalized spacial score (nSPS) is 23.6. The first-order valence-electron chi connectivity index (χ1n) is 5.39. The van der Waals surface area contributed by atoms with Crippen molar-refractivity contribution in [2.45, 2.75) is 32.7 Å². The summed E-state index contributed by atoms with van der Waals surface area (Å²) < 4.78 is 10.9. The van der Waals surface area contributed by atoms with Gasteiger partial charge in [-0.3, -0.25) is 4.90 Å². The van der Waals surface area contributed by atoms with Crippen LogP contribution in [-0.2, 0) is 9.47 Å². The second kappa shape index (κ2) is 6.35. The van der Waals surface area contributed by atoms with E-state index in [0.29, 0.717) is 13.2 Å². The summed E-state index contributed by atoms with van der Waals surface area (Å²) in [6, 6.07) is 0. The molecule has 84 valence electrons. The number of rotatable bonds is 6. The van der Waals surface area contributed by atoms with E-state index in [1.165, 1.54) is 0 Å². The second-order valence-electron chi connectivity index (χ2n) is 3.54. The molecule has 1 heterocycles. The maximum Gasteiger partial charge on any atom is 0.170 e. The van der Waals surface area contributed by atoms with Crippen molar-refractivity contribution >= 4 is 0 Å². The lowest BCUT2D eigenvalue weighted by molar-refractivity contribution is -0.145. The number of aliphatic hydroxyl groups is 1. The van der Waals surface area contributed by atoms with Gasteiger partial charge < -0.3 is 14.6 Å². The molecule has 0 bridgehead atoms. The van der Waals surface area contributed by atoms with E-state index in [1.807, 2.05) is 13.8 Å². The fraction of sp³-hybridized carbons (Fsp3) is 1.00. The Hall–Kier alpha value is -0.160. The zero-order valence-corrected chi connectivity index (χ0v) is 9.11. The highest BCUT2D eigenvalue weighted by Crippen LogP contribution is 2.10. The highest BCUT2D eigenvalue weighted by molar-refractivity contribution is 4.74. The minimum absolute atomic E-state index is 0.143. The highest BCUT2D eigenvalue weighted by Gasteiger charge is 2.23. The lowest BCUT2D eigenvalue weighted by atomic mass is 10.3. The van der Waals surface area contributed by atoms with Crippen molar-refractivity contribution in [3.05, 3.63) is 0 Å². The third-order valence-electron chi connectivity index (χ3n) is 2.36. The van der Waals surface area contributed by atoms with E-state index in [0.717, 1.165) is 26.1 Å². The van der Waals surface area contributed by atoms with Gasteiger partial charge in [0.15, 0.2) is 6.29 Å². The van der Waals surface area contributed by atoms with E-state index in [9.17, 15) is 5.11 Å². The summed E-state index contributed by atoms with van der Waals surface area (Å²) >= 11 is 0. The summed E-state index contributed by atoms with van der Waals surface area (Å²) in [6.45, 7) is 7.71. The number of hydrogen-bond donors (Lipinski definition) is 1. The number of ether oxygens (including phenoxy) is 2. The van der Waals surface area contributed by atoms with Gasteiger partial charge in [-0.2, -0.15) is 0 Å². The van der Waals surface area contributed by atoms with Crippen LogP contribution in [0.25, 0.3) is 0 Å². The molecular formula is C10H21NO3. The smallest absolute Gasteiger partial charge is 0.170 e. The molecule has 0 spiro atoms. The zero-order chi connectivity index (χ0) is 10.4. The predicted octanol–water partition coefficient (Wildman–Crippen LogP) is 0.452. The third kappa shape index (κ3) is 3.92. The summed E-state index contributed by atoms with van der Waals surface area (Å²) in [6.07, 6.45) is 0.555. The fourth-order valence-electron chi connectivity index (χ4n) is 1.71. The van der Waals surface area contributed by atoms with Crippen molar-refractivity contribution in [3.8, 4) is 0 Å². The minimum atomic E-state index is -0.168. The molecule has 0 aromatic rings. The summed E-state index contributed by atoms with van der Waals surface area (Å²) in [5.41, 5.74) is 0. The third-order valence-corrected chi connectivity index (χ3v) is 2.36. The molecule has 0 saturated carbocycles. The SMILES string of the molecule is CCOC(CN1CCC(O)C1)OCC. The first-order chi connectivity index (χ1) is 6.76. The Balaban J connectivity index is 2.24. The van der Waals surface area contributed by atoms with Crippen LogP contribution in [0.2, 0.25) is 0 Å². The maximum absolute atomic E-state index is 9.35. The zero-order valence-electron chi connectivity index (χ0n) is 9.11. The van der Waals surface area contributed by atoms with Gasteiger partial charge in [0.2, 0.25) is 0 Å².